The molecule has 168 valence electrons. The number of benzene rings is 1. The minimum absolute atomic E-state index is 0. The summed E-state index contributed by atoms with van der Waals surface area (Å²) in [7, 11) is 3.91. The van der Waals surface area contributed by atoms with Crippen molar-refractivity contribution < 1.29 is 23.0 Å². The molecule has 0 saturated carbocycles. The third-order valence-corrected chi connectivity index (χ3v) is 4.21. The van der Waals surface area contributed by atoms with E-state index in [-0.39, 0.29) is 42.3 Å². The van der Waals surface area contributed by atoms with Crippen LogP contribution in [0, 0.1) is 0 Å². The van der Waals surface area contributed by atoms with Gasteiger partial charge in [0.15, 0.2) is 5.96 Å². The molecule has 0 aliphatic carbocycles. The molecule has 1 aromatic carbocycles. The molecule has 30 heavy (non-hydrogen) atoms. The standard InChI is InChI=1S/C20H28F2N4O3.HI/c1-4-23-20(24-12-16(26(2)3)18-6-5-11-28-18)25-13-17(27)14-7-9-15(10-8-14)29-19(21)22;/h5-11,16-17,19,27H,4,12-13H2,1-3H3,(H2,23,24,25);1H. The van der Waals surface area contributed by atoms with Gasteiger partial charge in [-0.25, -0.2) is 0 Å². The second-order valence-corrected chi connectivity index (χ2v) is 6.56. The van der Waals surface area contributed by atoms with Crippen LogP contribution in [0.4, 0.5) is 8.78 Å². The quantitative estimate of drug-likeness (QED) is 0.245. The number of nitrogens with one attached hydrogen (secondary N) is 2. The highest BCUT2D eigenvalue weighted by atomic mass is 127. The van der Waals surface area contributed by atoms with Crippen molar-refractivity contribution in [3.8, 4) is 5.75 Å². The highest BCUT2D eigenvalue weighted by Gasteiger charge is 2.17. The summed E-state index contributed by atoms with van der Waals surface area (Å²) in [4.78, 5) is 6.60. The highest BCUT2D eigenvalue weighted by Crippen LogP contribution is 2.20. The van der Waals surface area contributed by atoms with Crippen molar-refractivity contribution in [2.45, 2.75) is 25.7 Å². The molecule has 0 saturated heterocycles. The molecule has 3 N–H and O–H groups in total. The molecule has 0 radical (unpaired) electrons. The van der Waals surface area contributed by atoms with E-state index in [0.29, 0.717) is 24.6 Å². The molecule has 0 bridgehead atoms. The second kappa shape index (κ2) is 13.4. The SMILES string of the molecule is CCNC(=NCC(c1ccco1)N(C)C)NCC(O)c1ccc(OC(F)F)cc1.I. The summed E-state index contributed by atoms with van der Waals surface area (Å²) in [6.07, 6.45) is 0.793. The summed E-state index contributed by atoms with van der Waals surface area (Å²) >= 11 is 0. The Hall–Kier alpha value is -1.92. The van der Waals surface area contributed by atoms with Crippen LogP contribution in [0.15, 0.2) is 52.1 Å². The smallest absolute Gasteiger partial charge is 0.387 e. The summed E-state index contributed by atoms with van der Waals surface area (Å²) in [6.45, 7) is 0.402. The van der Waals surface area contributed by atoms with Crippen LogP contribution in [0.3, 0.4) is 0 Å². The van der Waals surface area contributed by atoms with Crippen LogP contribution < -0.4 is 15.4 Å². The third kappa shape index (κ3) is 8.44. The number of aliphatic imine (C=N–C) groups is 1. The molecular weight excluding hydrogens is 509 g/mol. The third-order valence-electron chi connectivity index (χ3n) is 4.21. The molecule has 0 spiro atoms. The first kappa shape index (κ1) is 26.1. The molecule has 2 atom stereocenters. The molecule has 1 heterocycles. The van der Waals surface area contributed by atoms with Gasteiger partial charge in [0, 0.05) is 13.1 Å². The monoisotopic (exact) mass is 538 g/mol. The van der Waals surface area contributed by atoms with Gasteiger partial charge in [-0.3, -0.25) is 9.89 Å². The van der Waals surface area contributed by atoms with E-state index in [1.807, 2.05) is 38.1 Å². The number of ether oxygens (including phenoxy) is 1. The number of hydrogen-bond acceptors (Lipinski definition) is 5. The van der Waals surface area contributed by atoms with Crippen LogP contribution in [0.25, 0.3) is 0 Å². The maximum absolute atomic E-state index is 12.2. The number of furan rings is 1. The lowest BCUT2D eigenvalue weighted by atomic mass is 10.1. The van der Waals surface area contributed by atoms with Crippen LogP contribution in [-0.2, 0) is 0 Å². The fourth-order valence-corrected chi connectivity index (χ4v) is 2.69. The minimum Gasteiger partial charge on any atom is -0.468 e. The van der Waals surface area contributed by atoms with Crippen molar-refractivity contribution in [3.63, 3.8) is 0 Å². The van der Waals surface area contributed by atoms with Crippen molar-refractivity contribution in [2.75, 3.05) is 33.7 Å². The number of likely N-dealkylation sites (N-methyl/N-ethyl adjacent to an activating group) is 1. The van der Waals surface area contributed by atoms with E-state index in [0.717, 1.165) is 5.76 Å². The Kier molecular flexibility index (Phi) is 11.7. The predicted octanol–water partition coefficient (Wildman–Crippen LogP) is 3.39. The number of aliphatic hydroxyl groups is 1. The van der Waals surface area contributed by atoms with Gasteiger partial charge in [0.25, 0.3) is 0 Å². The zero-order valence-electron chi connectivity index (χ0n) is 17.2. The average molecular weight is 538 g/mol. The van der Waals surface area contributed by atoms with Gasteiger partial charge < -0.3 is 24.9 Å². The van der Waals surface area contributed by atoms with Crippen molar-refractivity contribution in [1.29, 1.82) is 0 Å². The van der Waals surface area contributed by atoms with Gasteiger partial charge in [-0.1, -0.05) is 12.1 Å². The Morgan fingerprint density at radius 3 is 2.43 bits per heavy atom. The van der Waals surface area contributed by atoms with Gasteiger partial charge >= 0.3 is 6.61 Å². The van der Waals surface area contributed by atoms with E-state index >= 15 is 0 Å². The first-order valence-corrected chi connectivity index (χ1v) is 9.35. The summed E-state index contributed by atoms with van der Waals surface area (Å²) in [5.41, 5.74) is 0.580. The molecule has 10 heteroatoms. The van der Waals surface area contributed by atoms with Crippen LogP contribution in [-0.4, -0.2) is 56.3 Å². The number of nitrogens with zero attached hydrogens (tertiary/aromatic N) is 2. The number of aliphatic hydroxyl groups excluding tert-OH is 1. The fraction of sp³-hybridized carbons (Fsp3) is 0.450. The molecular formula is C20H29F2IN4O3. The van der Waals surface area contributed by atoms with Crippen LogP contribution in [0.1, 0.15) is 30.4 Å². The van der Waals surface area contributed by atoms with Gasteiger partial charge in [0.1, 0.15) is 11.5 Å². The normalized spacial score (nSPS) is 13.7. The number of guanidine groups is 1. The van der Waals surface area contributed by atoms with Crippen molar-refractivity contribution in [2.24, 2.45) is 4.99 Å². The maximum atomic E-state index is 12.2. The average Bonchev–Trinajstić information content (AvgIpc) is 3.20. The number of alkyl halides is 2. The topological polar surface area (TPSA) is 82.3 Å². The minimum atomic E-state index is -2.88. The Labute approximate surface area is 192 Å². The number of hydrogen-bond donors (Lipinski definition) is 3. The van der Waals surface area contributed by atoms with Gasteiger partial charge in [-0.05, 0) is 50.8 Å². The Morgan fingerprint density at radius 1 is 1.20 bits per heavy atom. The zero-order valence-corrected chi connectivity index (χ0v) is 19.5. The summed E-state index contributed by atoms with van der Waals surface area (Å²) in [5.74, 6) is 1.43. The summed E-state index contributed by atoms with van der Waals surface area (Å²) in [5, 5.41) is 16.6. The van der Waals surface area contributed by atoms with E-state index in [4.69, 9.17) is 4.42 Å². The van der Waals surface area contributed by atoms with E-state index in [1.165, 1.54) is 12.1 Å². The van der Waals surface area contributed by atoms with Crippen LogP contribution in [0.2, 0.25) is 0 Å². The molecule has 0 aliphatic rings. The van der Waals surface area contributed by atoms with Crippen molar-refractivity contribution in [1.82, 2.24) is 15.5 Å². The Bertz CT molecular complexity index is 743. The van der Waals surface area contributed by atoms with Gasteiger partial charge in [0.05, 0.1) is 25.0 Å². The molecule has 1 aromatic heterocycles. The van der Waals surface area contributed by atoms with Crippen LogP contribution in [0.5, 0.6) is 5.75 Å². The lowest BCUT2D eigenvalue weighted by molar-refractivity contribution is -0.0498. The first-order chi connectivity index (χ1) is 13.9. The zero-order chi connectivity index (χ0) is 21.2. The predicted molar refractivity (Wildman–Crippen MR) is 123 cm³/mol. The van der Waals surface area contributed by atoms with E-state index in [9.17, 15) is 13.9 Å². The Morgan fingerprint density at radius 2 is 1.90 bits per heavy atom. The van der Waals surface area contributed by atoms with E-state index in [2.05, 4.69) is 20.4 Å². The summed E-state index contributed by atoms with van der Waals surface area (Å²) in [6, 6.07) is 9.62. The van der Waals surface area contributed by atoms with E-state index in [1.54, 1.807) is 18.4 Å². The molecule has 2 unspecified atom stereocenters. The molecule has 0 fully saturated rings. The molecule has 7 nitrogen and oxygen atoms in total. The summed E-state index contributed by atoms with van der Waals surface area (Å²) < 4.78 is 34.2. The van der Waals surface area contributed by atoms with Gasteiger partial charge in [0.2, 0.25) is 0 Å². The highest BCUT2D eigenvalue weighted by molar-refractivity contribution is 14.0. The second-order valence-electron chi connectivity index (χ2n) is 6.56. The molecule has 2 aromatic rings. The van der Waals surface area contributed by atoms with E-state index < -0.39 is 12.7 Å². The van der Waals surface area contributed by atoms with Crippen LogP contribution >= 0.6 is 24.0 Å². The fourth-order valence-electron chi connectivity index (χ4n) is 2.69. The Balaban J connectivity index is 0.00000450. The lowest BCUT2D eigenvalue weighted by Gasteiger charge is -2.21. The van der Waals surface area contributed by atoms with Crippen molar-refractivity contribution in [3.05, 3.63) is 54.0 Å². The molecule has 0 aliphatic heterocycles. The number of rotatable bonds is 10. The maximum Gasteiger partial charge on any atom is 0.387 e. The lowest BCUT2D eigenvalue weighted by Crippen LogP contribution is -2.40. The largest absolute Gasteiger partial charge is 0.468 e. The molecule has 2 rings (SSSR count). The number of halogens is 3. The molecule has 0 amide bonds. The van der Waals surface area contributed by atoms with Gasteiger partial charge in [-0.2, -0.15) is 8.78 Å². The van der Waals surface area contributed by atoms with Gasteiger partial charge in [-0.15, -0.1) is 24.0 Å². The van der Waals surface area contributed by atoms with Crippen molar-refractivity contribution >= 4 is 29.9 Å². The first-order valence-electron chi connectivity index (χ1n) is 9.35.